The van der Waals surface area contributed by atoms with E-state index in [9.17, 15) is 18.0 Å². The number of carbonyl (C=O) groups is 2. The maximum atomic E-state index is 12.6. The lowest BCUT2D eigenvalue weighted by Gasteiger charge is -2.13. The summed E-state index contributed by atoms with van der Waals surface area (Å²) in [6.45, 7) is 3.99. The smallest absolute Gasteiger partial charge is 0.255 e. The molecule has 0 aromatic heterocycles. The van der Waals surface area contributed by atoms with Crippen molar-refractivity contribution in [3.8, 4) is 0 Å². The van der Waals surface area contributed by atoms with Gasteiger partial charge in [0.2, 0.25) is 15.9 Å². The van der Waals surface area contributed by atoms with Crippen molar-refractivity contribution >= 4 is 33.2 Å². The molecule has 0 bridgehead atoms. The molecule has 1 fully saturated rings. The molecule has 0 heterocycles. The molecule has 3 unspecified atom stereocenters. The van der Waals surface area contributed by atoms with Crippen molar-refractivity contribution in [1.82, 2.24) is 4.72 Å². The summed E-state index contributed by atoms with van der Waals surface area (Å²) in [5.41, 5.74) is 1.40. The van der Waals surface area contributed by atoms with Gasteiger partial charge in [-0.2, -0.15) is 0 Å². The van der Waals surface area contributed by atoms with Crippen molar-refractivity contribution < 1.29 is 22.7 Å². The second-order valence-electron chi connectivity index (χ2n) is 7.85. The Morgan fingerprint density at radius 1 is 1.10 bits per heavy atom. The van der Waals surface area contributed by atoms with E-state index < -0.39 is 10.0 Å². The standard InChI is InChI=1S/C22H27N3O5S/c1-14-11-20(14)22(27)24-18-6-4-5-16(12-18)21(26)23-17-7-9-19(10-8-17)31(28,29)25-15(2)13-30-3/h4-10,12,14-15,20,25H,11,13H2,1-3H3,(H,23,26)(H,24,27). The molecule has 1 saturated carbocycles. The molecule has 2 aromatic carbocycles. The van der Waals surface area contributed by atoms with E-state index in [1.54, 1.807) is 31.2 Å². The van der Waals surface area contributed by atoms with Gasteiger partial charge in [-0.3, -0.25) is 9.59 Å². The number of hydrogen-bond acceptors (Lipinski definition) is 5. The van der Waals surface area contributed by atoms with Gasteiger partial charge in [0.25, 0.3) is 5.91 Å². The van der Waals surface area contributed by atoms with Crippen LogP contribution in [-0.2, 0) is 19.6 Å². The Morgan fingerprint density at radius 3 is 2.39 bits per heavy atom. The van der Waals surface area contributed by atoms with Gasteiger partial charge >= 0.3 is 0 Å². The summed E-state index contributed by atoms with van der Waals surface area (Å²) < 4.78 is 32.2. The summed E-state index contributed by atoms with van der Waals surface area (Å²) >= 11 is 0. The minimum atomic E-state index is -3.69. The van der Waals surface area contributed by atoms with Crippen LogP contribution in [0.2, 0.25) is 0 Å². The first kappa shape index (κ1) is 22.9. The zero-order valence-electron chi connectivity index (χ0n) is 17.7. The van der Waals surface area contributed by atoms with Crippen LogP contribution < -0.4 is 15.4 Å². The van der Waals surface area contributed by atoms with Gasteiger partial charge < -0.3 is 15.4 Å². The first-order valence-electron chi connectivity index (χ1n) is 10.0. The van der Waals surface area contributed by atoms with Gasteiger partial charge in [-0.1, -0.05) is 13.0 Å². The van der Waals surface area contributed by atoms with Crippen LogP contribution in [0.3, 0.4) is 0 Å². The zero-order valence-corrected chi connectivity index (χ0v) is 18.5. The molecule has 2 aromatic rings. The van der Waals surface area contributed by atoms with Crippen molar-refractivity contribution in [1.29, 1.82) is 0 Å². The highest BCUT2D eigenvalue weighted by Gasteiger charge is 2.39. The van der Waals surface area contributed by atoms with E-state index in [4.69, 9.17) is 4.74 Å². The fraction of sp³-hybridized carbons (Fsp3) is 0.364. The number of sulfonamides is 1. The molecule has 1 aliphatic carbocycles. The number of carbonyl (C=O) groups excluding carboxylic acids is 2. The third kappa shape index (κ3) is 6.13. The van der Waals surface area contributed by atoms with Crippen LogP contribution in [0.5, 0.6) is 0 Å². The SMILES string of the molecule is COCC(C)NS(=O)(=O)c1ccc(NC(=O)c2cccc(NC(=O)C3CC3C)c2)cc1. The minimum Gasteiger partial charge on any atom is -0.383 e. The molecule has 9 heteroatoms. The number of methoxy groups -OCH3 is 1. The largest absolute Gasteiger partial charge is 0.383 e. The van der Waals surface area contributed by atoms with Gasteiger partial charge in [0.1, 0.15) is 0 Å². The molecule has 0 aliphatic heterocycles. The van der Waals surface area contributed by atoms with Gasteiger partial charge in [-0.15, -0.1) is 0 Å². The number of amides is 2. The average molecular weight is 446 g/mol. The number of benzene rings is 2. The Bertz CT molecular complexity index is 1050. The van der Waals surface area contributed by atoms with Crippen LogP contribution in [0.25, 0.3) is 0 Å². The highest BCUT2D eigenvalue weighted by molar-refractivity contribution is 7.89. The van der Waals surface area contributed by atoms with Crippen molar-refractivity contribution in [2.75, 3.05) is 24.4 Å². The number of anilines is 2. The Hall–Kier alpha value is -2.75. The maximum absolute atomic E-state index is 12.6. The molecule has 0 spiro atoms. The van der Waals surface area contributed by atoms with Crippen LogP contribution in [0.1, 0.15) is 30.6 Å². The van der Waals surface area contributed by atoms with Crippen LogP contribution in [-0.4, -0.2) is 40.0 Å². The van der Waals surface area contributed by atoms with E-state index in [1.807, 2.05) is 6.92 Å². The molecule has 0 saturated heterocycles. The molecule has 0 radical (unpaired) electrons. The van der Waals surface area contributed by atoms with Crippen molar-refractivity contribution in [2.24, 2.45) is 11.8 Å². The lowest BCUT2D eigenvalue weighted by molar-refractivity contribution is -0.117. The van der Waals surface area contributed by atoms with E-state index in [-0.39, 0.29) is 35.3 Å². The number of rotatable bonds is 9. The molecular formula is C22H27N3O5S. The van der Waals surface area contributed by atoms with E-state index in [0.29, 0.717) is 22.9 Å². The molecule has 3 N–H and O–H groups in total. The first-order chi connectivity index (χ1) is 14.7. The number of nitrogens with one attached hydrogen (secondary N) is 3. The van der Waals surface area contributed by atoms with Gasteiger partial charge in [0.05, 0.1) is 11.5 Å². The Morgan fingerprint density at radius 2 is 1.77 bits per heavy atom. The highest BCUT2D eigenvalue weighted by atomic mass is 32.2. The van der Waals surface area contributed by atoms with E-state index in [1.165, 1.54) is 31.4 Å². The van der Waals surface area contributed by atoms with Crippen molar-refractivity contribution in [3.63, 3.8) is 0 Å². The van der Waals surface area contributed by atoms with Crippen LogP contribution in [0.4, 0.5) is 11.4 Å². The Kier molecular flexibility index (Phi) is 7.09. The quantitative estimate of drug-likeness (QED) is 0.549. The lowest BCUT2D eigenvalue weighted by atomic mass is 10.1. The second-order valence-corrected chi connectivity index (χ2v) is 9.56. The lowest BCUT2D eigenvalue weighted by Crippen LogP contribution is -2.35. The third-order valence-corrected chi connectivity index (χ3v) is 6.64. The maximum Gasteiger partial charge on any atom is 0.255 e. The van der Waals surface area contributed by atoms with Gasteiger partial charge in [-0.05, 0) is 61.7 Å². The molecule has 8 nitrogen and oxygen atoms in total. The predicted octanol–water partition coefficient (Wildman–Crippen LogP) is 2.85. The molecule has 31 heavy (non-hydrogen) atoms. The van der Waals surface area contributed by atoms with Crippen molar-refractivity contribution in [2.45, 2.75) is 31.2 Å². The summed E-state index contributed by atoms with van der Waals surface area (Å²) in [5.74, 6) is 0.0459. The first-order valence-corrected chi connectivity index (χ1v) is 11.5. The summed E-state index contributed by atoms with van der Waals surface area (Å²) in [6.07, 6.45) is 0.887. The minimum absolute atomic E-state index is 0.0321. The third-order valence-electron chi connectivity index (χ3n) is 5.03. The zero-order chi connectivity index (χ0) is 22.6. The predicted molar refractivity (Wildman–Crippen MR) is 118 cm³/mol. The number of ether oxygens (including phenoxy) is 1. The summed E-state index contributed by atoms with van der Waals surface area (Å²) in [7, 11) is -2.19. The van der Waals surface area contributed by atoms with Crippen molar-refractivity contribution in [3.05, 3.63) is 54.1 Å². The highest BCUT2D eigenvalue weighted by Crippen LogP contribution is 2.38. The molecule has 1 aliphatic rings. The van der Waals surface area contributed by atoms with Gasteiger partial charge in [0, 0.05) is 36.0 Å². The normalized spacial score (nSPS) is 18.8. The van der Waals surface area contributed by atoms with Gasteiger partial charge in [-0.25, -0.2) is 13.1 Å². The summed E-state index contributed by atoms with van der Waals surface area (Å²) in [4.78, 5) is 24.8. The van der Waals surface area contributed by atoms with E-state index >= 15 is 0 Å². The molecular weight excluding hydrogens is 418 g/mol. The fourth-order valence-electron chi connectivity index (χ4n) is 3.20. The molecule has 3 rings (SSSR count). The summed E-state index contributed by atoms with van der Waals surface area (Å²) in [5, 5.41) is 5.57. The fourth-order valence-corrected chi connectivity index (χ4v) is 4.43. The monoisotopic (exact) mass is 445 g/mol. The molecule has 166 valence electrons. The van der Waals surface area contributed by atoms with E-state index in [2.05, 4.69) is 15.4 Å². The molecule has 3 atom stereocenters. The molecule has 2 amide bonds. The average Bonchev–Trinajstić information content (AvgIpc) is 3.45. The Balaban J connectivity index is 1.63. The van der Waals surface area contributed by atoms with Crippen LogP contribution in [0.15, 0.2) is 53.4 Å². The van der Waals surface area contributed by atoms with Crippen LogP contribution >= 0.6 is 0 Å². The van der Waals surface area contributed by atoms with Gasteiger partial charge in [0.15, 0.2) is 0 Å². The van der Waals surface area contributed by atoms with Crippen LogP contribution in [0, 0.1) is 11.8 Å². The summed E-state index contributed by atoms with van der Waals surface area (Å²) in [6, 6.07) is 12.2. The second kappa shape index (κ2) is 9.59. The Labute approximate surface area is 182 Å². The number of hydrogen-bond donors (Lipinski definition) is 3. The topological polar surface area (TPSA) is 114 Å². The van der Waals surface area contributed by atoms with E-state index in [0.717, 1.165) is 6.42 Å².